The van der Waals surface area contributed by atoms with E-state index in [4.69, 9.17) is 32.2 Å². The van der Waals surface area contributed by atoms with E-state index < -0.39 is 0 Å². The summed E-state index contributed by atoms with van der Waals surface area (Å²) >= 11 is 9.59. The molecule has 0 aliphatic carbocycles. The highest BCUT2D eigenvalue weighted by Crippen LogP contribution is 2.28. The Labute approximate surface area is 136 Å². The van der Waals surface area contributed by atoms with Gasteiger partial charge in [-0.15, -0.1) is 0 Å². The lowest BCUT2D eigenvalue weighted by atomic mass is 10.2. The average molecular weight is 370 g/mol. The van der Waals surface area contributed by atoms with Crippen LogP contribution in [-0.2, 0) is 6.61 Å². The van der Waals surface area contributed by atoms with Crippen LogP contribution in [0.4, 0.5) is 0 Å². The highest BCUT2D eigenvalue weighted by Gasteiger charge is 2.07. The van der Waals surface area contributed by atoms with Gasteiger partial charge in [0.1, 0.15) is 23.9 Å². The van der Waals surface area contributed by atoms with Crippen LogP contribution in [-0.4, -0.2) is 12.9 Å². The van der Waals surface area contributed by atoms with Crippen LogP contribution in [0.3, 0.4) is 0 Å². The fourth-order valence-corrected chi connectivity index (χ4v) is 2.33. The number of hydrogen-bond donors (Lipinski definition) is 2. The number of nitrogens with two attached hydrogens (primary N) is 1. The lowest BCUT2D eigenvalue weighted by Gasteiger charge is -2.11. The Kier molecular flexibility index (Phi) is 5.09. The minimum atomic E-state index is -0.0287. The maximum Gasteiger partial charge on any atom is 0.138 e. The quantitative estimate of drug-likeness (QED) is 0.619. The number of halogens is 2. The standard InChI is InChI=1S/C15H14BrClN2O2/c1-20-11-3-4-12(16)10(6-11)8-21-14-5-2-9(15(18)19)7-13(14)17/h2-7H,8H2,1H3,(H3,18,19). The predicted molar refractivity (Wildman–Crippen MR) is 87.5 cm³/mol. The van der Waals surface area contributed by atoms with E-state index in [0.29, 0.717) is 22.9 Å². The molecular formula is C15H14BrClN2O2. The molecule has 0 amide bonds. The summed E-state index contributed by atoms with van der Waals surface area (Å²) in [5.74, 6) is 1.27. The fourth-order valence-electron chi connectivity index (χ4n) is 1.73. The summed E-state index contributed by atoms with van der Waals surface area (Å²) < 4.78 is 11.8. The van der Waals surface area contributed by atoms with Crippen LogP contribution in [0.5, 0.6) is 11.5 Å². The fraction of sp³-hybridized carbons (Fsp3) is 0.133. The van der Waals surface area contributed by atoms with Crippen LogP contribution in [0, 0.1) is 5.41 Å². The first-order valence-corrected chi connectivity index (χ1v) is 7.27. The number of nitrogen functional groups attached to an aromatic ring is 1. The Morgan fingerprint density at radius 1 is 1.29 bits per heavy atom. The molecule has 4 nitrogen and oxygen atoms in total. The molecule has 2 rings (SSSR count). The molecule has 3 N–H and O–H groups in total. The second-order valence-corrected chi connectivity index (χ2v) is 5.57. The number of methoxy groups -OCH3 is 1. The van der Waals surface area contributed by atoms with Gasteiger partial charge in [0.05, 0.1) is 12.1 Å². The largest absolute Gasteiger partial charge is 0.497 e. The monoisotopic (exact) mass is 368 g/mol. The van der Waals surface area contributed by atoms with Crippen molar-refractivity contribution in [1.29, 1.82) is 5.41 Å². The van der Waals surface area contributed by atoms with Gasteiger partial charge < -0.3 is 15.2 Å². The number of ether oxygens (including phenoxy) is 2. The molecule has 2 aromatic rings. The Bertz CT molecular complexity index is 677. The molecule has 21 heavy (non-hydrogen) atoms. The minimum absolute atomic E-state index is 0.0287. The summed E-state index contributed by atoms with van der Waals surface area (Å²) in [7, 11) is 1.62. The van der Waals surface area contributed by atoms with Gasteiger partial charge in [-0.25, -0.2) is 0 Å². The van der Waals surface area contributed by atoms with Crippen molar-refractivity contribution < 1.29 is 9.47 Å². The minimum Gasteiger partial charge on any atom is -0.497 e. The van der Waals surface area contributed by atoms with Gasteiger partial charge >= 0.3 is 0 Å². The van der Waals surface area contributed by atoms with Crippen molar-refractivity contribution in [2.75, 3.05) is 7.11 Å². The van der Waals surface area contributed by atoms with Gasteiger partial charge in [0.2, 0.25) is 0 Å². The van der Waals surface area contributed by atoms with Gasteiger partial charge in [0, 0.05) is 15.6 Å². The summed E-state index contributed by atoms with van der Waals surface area (Å²) in [4.78, 5) is 0. The van der Waals surface area contributed by atoms with Gasteiger partial charge in [0.15, 0.2) is 0 Å². The van der Waals surface area contributed by atoms with Crippen molar-refractivity contribution in [3.8, 4) is 11.5 Å². The van der Waals surface area contributed by atoms with Crippen molar-refractivity contribution in [3.05, 3.63) is 57.0 Å². The molecular weight excluding hydrogens is 356 g/mol. The Balaban J connectivity index is 2.15. The molecule has 0 fully saturated rings. The smallest absolute Gasteiger partial charge is 0.138 e. The molecule has 0 bridgehead atoms. The van der Waals surface area contributed by atoms with E-state index in [1.807, 2.05) is 18.2 Å². The van der Waals surface area contributed by atoms with E-state index in [2.05, 4.69) is 15.9 Å². The molecule has 0 aliphatic rings. The normalized spacial score (nSPS) is 10.2. The van der Waals surface area contributed by atoms with E-state index in [1.165, 1.54) is 0 Å². The first-order valence-electron chi connectivity index (χ1n) is 6.10. The lowest BCUT2D eigenvalue weighted by Crippen LogP contribution is -2.10. The zero-order chi connectivity index (χ0) is 15.4. The summed E-state index contributed by atoms with van der Waals surface area (Å²) in [6.07, 6.45) is 0. The molecule has 0 spiro atoms. The summed E-state index contributed by atoms with van der Waals surface area (Å²) in [5.41, 5.74) is 6.92. The van der Waals surface area contributed by atoms with Crippen LogP contribution < -0.4 is 15.2 Å². The SMILES string of the molecule is COc1ccc(Br)c(COc2ccc(C(=N)N)cc2Cl)c1. The molecule has 0 saturated carbocycles. The van der Waals surface area contributed by atoms with Crippen LogP contribution in [0.2, 0.25) is 5.02 Å². The van der Waals surface area contributed by atoms with E-state index in [9.17, 15) is 0 Å². The van der Waals surface area contributed by atoms with Gasteiger partial charge in [-0.1, -0.05) is 27.5 Å². The number of amidine groups is 1. The maximum absolute atomic E-state index is 7.37. The van der Waals surface area contributed by atoms with Crippen molar-refractivity contribution in [2.24, 2.45) is 5.73 Å². The molecule has 6 heteroatoms. The first kappa shape index (κ1) is 15.7. The molecule has 0 heterocycles. The van der Waals surface area contributed by atoms with E-state index in [1.54, 1.807) is 25.3 Å². The second-order valence-electron chi connectivity index (χ2n) is 4.30. The molecule has 0 radical (unpaired) electrons. The predicted octanol–water partition coefficient (Wildman–Crippen LogP) is 3.97. The molecule has 0 atom stereocenters. The summed E-state index contributed by atoms with van der Waals surface area (Å²) in [6.45, 7) is 0.344. The molecule has 2 aromatic carbocycles. The zero-order valence-electron chi connectivity index (χ0n) is 11.3. The van der Waals surface area contributed by atoms with Crippen molar-refractivity contribution in [2.45, 2.75) is 6.61 Å². The third kappa shape index (κ3) is 3.89. The van der Waals surface area contributed by atoms with Gasteiger partial charge in [0.25, 0.3) is 0 Å². The third-order valence-corrected chi connectivity index (χ3v) is 3.95. The van der Waals surface area contributed by atoms with E-state index >= 15 is 0 Å². The molecule has 0 aromatic heterocycles. The third-order valence-electron chi connectivity index (χ3n) is 2.88. The summed E-state index contributed by atoms with van der Waals surface area (Å²) in [6, 6.07) is 10.7. The Hall–Kier alpha value is -1.72. The number of rotatable bonds is 5. The number of benzene rings is 2. The molecule has 0 unspecified atom stereocenters. The Morgan fingerprint density at radius 2 is 2.05 bits per heavy atom. The topological polar surface area (TPSA) is 68.3 Å². The van der Waals surface area contributed by atoms with Crippen molar-refractivity contribution >= 4 is 33.4 Å². The lowest BCUT2D eigenvalue weighted by molar-refractivity contribution is 0.304. The average Bonchev–Trinajstić information content (AvgIpc) is 2.47. The first-order chi connectivity index (χ1) is 10.0. The Morgan fingerprint density at radius 3 is 2.67 bits per heavy atom. The second kappa shape index (κ2) is 6.83. The van der Waals surface area contributed by atoms with Crippen LogP contribution in [0.15, 0.2) is 40.9 Å². The van der Waals surface area contributed by atoms with Gasteiger partial charge in [-0.2, -0.15) is 0 Å². The molecule has 0 saturated heterocycles. The summed E-state index contributed by atoms with van der Waals surface area (Å²) in [5, 5.41) is 7.79. The van der Waals surface area contributed by atoms with Crippen LogP contribution >= 0.6 is 27.5 Å². The van der Waals surface area contributed by atoms with Crippen molar-refractivity contribution in [3.63, 3.8) is 0 Å². The number of nitrogens with one attached hydrogen (secondary N) is 1. The van der Waals surface area contributed by atoms with Crippen LogP contribution in [0.1, 0.15) is 11.1 Å². The van der Waals surface area contributed by atoms with E-state index in [-0.39, 0.29) is 5.84 Å². The van der Waals surface area contributed by atoms with Gasteiger partial charge in [-0.3, -0.25) is 5.41 Å². The van der Waals surface area contributed by atoms with Crippen LogP contribution in [0.25, 0.3) is 0 Å². The van der Waals surface area contributed by atoms with E-state index in [0.717, 1.165) is 15.8 Å². The highest BCUT2D eigenvalue weighted by atomic mass is 79.9. The van der Waals surface area contributed by atoms with Crippen molar-refractivity contribution in [1.82, 2.24) is 0 Å². The number of hydrogen-bond acceptors (Lipinski definition) is 3. The van der Waals surface area contributed by atoms with Gasteiger partial charge in [-0.05, 0) is 36.4 Å². The highest BCUT2D eigenvalue weighted by molar-refractivity contribution is 9.10. The maximum atomic E-state index is 7.37. The zero-order valence-corrected chi connectivity index (χ0v) is 13.7. The molecule has 0 aliphatic heterocycles. The molecule has 110 valence electrons.